The van der Waals surface area contributed by atoms with Gasteiger partial charge in [0.05, 0.1) is 0 Å². The first-order valence-corrected chi connectivity index (χ1v) is 11.4. The Balaban J connectivity index is 1.34. The summed E-state index contributed by atoms with van der Waals surface area (Å²) in [5, 5.41) is 10.5. The summed E-state index contributed by atoms with van der Waals surface area (Å²) in [5.74, 6) is 1.78. The van der Waals surface area contributed by atoms with E-state index >= 15 is 0 Å². The lowest BCUT2D eigenvalue weighted by Gasteiger charge is -2.50. The van der Waals surface area contributed by atoms with Crippen LogP contribution in [0, 0.1) is 29.0 Å². The second kappa shape index (κ2) is 7.81. The fourth-order valence-corrected chi connectivity index (χ4v) is 6.79. The molecule has 0 radical (unpaired) electrons. The summed E-state index contributed by atoms with van der Waals surface area (Å²) in [7, 11) is 0. The third kappa shape index (κ3) is 3.46. The van der Waals surface area contributed by atoms with Crippen LogP contribution >= 0.6 is 0 Å². The van der Waals surface area contributed by atoms with Crippen LogP contribution in [0.25, 0.3) is 0 Å². The molecule has 2 aromatic rings. The number of amides is 1. The predicted octanol–water partition coefficient (Wildman–Crippen LogP) is 4.69. The zero-order valence-corrected chi connectivity index (χ0v) is 17.8. The number of hydrogen-bond acceptors (Lipinski definition) is 4. The van der Waals surface area contributed by atoms with E-state index in [9.17, 15) is 14.0 Å². The molecule has 1 amide bonds. The fourth-order valence-electron chi connectivity index (χ4n) is 6.79. The molecule has 2 fully saturated rings. The summed E-state index contributed by atoms with van der Waals surface area (Å²) in [6.45, 7) is 2.14. The molecule has 1 heterocycles. The van der Waals surface area contributed by atoms with Gasteiger partial charge in [0.25, 0.3) is 0 Å². The Morgan fingerprint density at radius 3 is 2.94 bits per heavy atom. The molecule has 3 aliphatic carbocycles. The monoisotopic (exact) mass is 421 g/mol. The highest BCUT2D eigenvalue weighted by atomic mass is 19.1. The predicted molar refractivity (Wildman–Crippen MR) is 115 cm³/mol. The van der Waals surface area contributed by atoms with Crippen LogP contribution in [0.2, 0.25) is 0 Å². The summed E-state index contributed by atoms with van der Waals surface area (Å²) in [6, 6.07) is 8.90. The number of fused-ring (bicyclic) bond motifs is 5. The highest BCUT2D eigenvalue weighted by Gasteiger charge is 2.58. The van der Waals surface area contributed by atoms with Crippen molar-refractivity contribution in [3.8, 4) is 0 Å². The van der Waals surface area contributed by atoms with Crippen molar-refractivity contribution >= 4 is 17.5 Å². The van der Waals surface area contributed by atoms with Gasteiger partial charge >= 0.3 is 0 Å². The number of halogens is 1. The lowest BCUT2D eigenvalue weighted by atomic mass is 9.54. The molecule has 1 aromatic heterocycles. The van der Waals surface area contributed by atoms with Gasteiger partial charge in [0.1, 0.15) is 11.6 Å². The zero-order chi connectivity index (χ0) is 21.6. The minimum absolute atomic E-state index is 0.0926. The van der Waals surface area contributed by atoms with E-state index in [0.29, 0.717) is 42.7 Å². The molecule has 5 atom stereocenters. The number of carbonyl (C=O) groups excluding carboxylic acids is 2. The molecule has 2 saturated carbocycles. The van der Waals surface area contributed by atoms with E-state index in [2.05, 4.69) is 28.5 Å². The van der Waals surface area contributed by atoms with Gasteiger partial charge in [0.2, 0.25) is 5.91 Å². The SMILES string of the molecule is C[C@]12CCC3c4cccc(F)c4CCC3C1[C@H](CCC(=O)Nc1cccnn1)CC2=O. The number of hydrogen-bond donors (Lipinski definition) is 1. The Kier molecular flexibility index (Phi) is 5.11. The van der Waals surface area contributed by atoms with Crippen LogP contribution in [0.4, 0.5) is 10.2 Å². The van der Waals surface area contributed by atoms with Gasteiger partial charge in [-0.25, -0.2) is 4.39 Å². The van der Waals surface area contributed by atoms with E-state index in [1.807, 2.05) is 6.07 Å². The lowest BCUT2D eigenvalue weighted by Crippen LogP contribution is -2.44. The van der Waals surface area contributed by atoms with Crippen molar-refractivity contribution in [2.45, 2.75) is 57.8 Å². The fraction of sp³-hybridized carbons (Fsp3) is 0.520. The molecule has 3 unspecified atom stereocenters. The first kappa shape index (κ1) is 20.3. The van der Waals surface area contributed by atoms with Gasteiger partial charge in [0, 0.05) is 24.5 Å². The first-order valence-electron chi connectivity index (χ1n) is 11.4. The normalized spacial score (nSPS) is 31.5. The number of anilines is 1. The Bertz CT molecular complexity index is 1010. The van der Waals surface area contributed by atoms with E-state index in [1.54, 1.807) is 24.4 Å². The van der Waals surface area contributed by atoms with E-state index in [4.69, 9.17) is 0 Å². The molecule has 5 rings (SSSR count). The number of carbonyl (C=O) groups is 2. The van der Waals surface area contributed by atoms with Crippen LogP contribution in [-0.4, -0.2) is 21.9 Å². The molecule has 0 saturated heterocycles. The summed E-state index contributed by atoms with van der Waals surface area (Å²) in [5.41, 5.74) is 1.71. The number of benzene rings is 1. The molecular formula is C25H28FN3O2. The van der Waals surface area contributed by atoms with Crippen LogP contribution in [0.3, 0.4) is 0 Å². The summed E-state index contributed by atoms with van der Waals surface area (Å²) >= 11 is 0. The average molecular weight is 422 g/mol. The molecule has 162 valence electrons. The van der Waals surface area contributed by atoms with Crippen molar-refractivity contribution in [3.05, 3.63) is 53.5 Å². The number of nitrogens with zero attached hydrogens (tertiary/aromatic N) is 2. The second-order valence-corrected chi connectivity index (χ2v) is 9.68. The molecule has 6 heteroatoms. The minimum Gasteiger partial charge on any atom is -0.309 e. The van der Waals surface area contributed by atoms with Crippen LogP contribution < -0.4 is 5.32 Å². The van der Waals surface area contributed by atoms with E-state index in [1.165, 1.54) is 0 Å². The van der Waals surface area contributed by atoms with Gasteiger partial charge in [-0.1, -0.05) is 19.1 Å². The Morgan fingerprint density at radius 1 is 1.26 bits per heavy atom. The van der Waals surface area contributed by atoms with Gasteiger partial charge in [-0.3, -0.25) is 9.59 Å². The Labute approximate surface area is 181 Å². The van der Waals surface area contributed by atoms with Crippen molar-refractivity contribution in [2.24, 2.45) is 23.2 Å². The first-order chi connectivity index (χ1) is 15.0. The largest absolute Gasteiger partial charge is 0.309 e. The van der Waals surface area contributed by atoms with Gasteiger partial charge < -0.3 is 5.32 Å². The molecule has 5 nitrogen and oxygen atoms in total. The average Bonchev–Trinajstić information content (AvgIpc) is 3.03. The van der Waals surface area contributed by atoms with Crippen LogP contribution in [0.15, 0.2) is 36.5 Å². The van der Waals surface area contributed by atoms with Crippen molar-refractivity contribution in [3.63, 3.8) is 0 Å². The minimum atomic E-state index is -0.307. The molecule has 31 heavy (non-hydrogen) atoms. The topological polar surface area (TPSA) is 72.0 Å². The van der Waals surface area contributed by atoms with Crippen molar-refractivity contribution < 1.29 is 14.0 Å². The quantitative estimate of drug-likeness (QED) is 0.778. The Hall–Kier alpha value is -2.63. The number of ketones is 1. The standard InChI is InChI=1S/C25H28FN3O2/c1-25-12-11-17-16-4-2-5-20(26)18(16)8-9-19(17)24(25)15(14-21(25)30)7-10-23(31)28-22-6-3-13-27-29-22/h2-6,13,15,17,19,24H,7-12,14H2,1H3,(H,28,29,31)/t15-,17?,19?,24?,25-/m1/s1. The second-order valence-electron chi connectivity index (χ2n) is 9.68. The molecule has 0 bridgehead atoms. The summed E-state index contributed by atoms with van der Waals surface area (Å²) < 4.78 is 14.4. The molecule has 1 aromatic carbocycles. The van der Waals surface area contributed by atoms with Gasteiger partial charge in [-0.05, 0) is 85.1 Å². The highest BCUT2D eigenvalue weighted by Crippen LogP contribution is 2.62. The summed E-state index contributed by atoms with van der Waals surface area (Å²) in [4.78, 5) is 25.5. The smallest absolute Gasteiger partial charge is 0.225 e. The van der Waals surface area contributed by atoms with Crippen LogP contribution in [-0.2, 0) is 16.0 Å². The third-order valence-corrected chi connectivity index (χ3v) is 8.15. The maximum Gasteiger partial charge on any atom is 0.225 e. The molecule has 0 spiro atoms. The van der Waals surface area contributed by atoms with Crippen molar-refractivity contribution in [1.82, 2.24) is 10.2 Å². The maximum absolute atomic E-state index is 14.4. The highest BCUT2D eigenvalue weighted by molar-refractivity contribution is 5.90. The number of Topliss-reactive ketones (excluding diaryl/α,β-unsaturated/α-hetero) is 1. The summed E-state index contributed by atoms with van der Waals surface area (Å²) in [6.07, 6.45) is 6.64. The molecule has 3 aliphatic rings. The number of aromatic nitrogens is 2. The van der Waals surface area contributed by atoms with Gasteiger partial charge in [-0.15, -0.1) is 5.10 Å². The maximum atomic E-state index is 14.4. The molecule has 0 aliphatic heterocycles. The van der Waals surface area contributed by atoms with E-state index < -0.39 is 0 Å². The third-order valence-electron chi connectivity index (χ3n) is 8.15. The number of nitrogens with one attached hydrogen (secondary N) is 1. The van der Waals surface area contributed by atoms with E-state index in [-0.39, 0.29) is 29.0 Å². The van der Waals surface area contributed by atoms with Gasteiger partial charge in [-0.2, -0.15) is 5.10 Å². The number of rotatable bonds is 4. The zero-order valence-electron chi connectivity index (χ0n) is 17.8. The van der Waals surface area contributed by atoms with Crippen LogP contribution in [0.1, 0.15) is 62.5 Å². The Morgan fingerprint density at radius 2 is 2.13 bits per heavy atom. The van der Waals surface area contributed by atoms with Gasteiger partial charge in [0.15, 0.2) is 5.82 Å². The lowest BCUT2D eigenvalue weighted by molar-refractivity contribution is -0.129. The van der Waals surface area contributed by atoms with Crippen molar-refractivity contribution in [2.75, 3.05) is 5.32 Å². The molecule has 1 N–H and O–H groups in total. The van der Waals surface area contributed by atoms with E-state index in [0.717, 1.165) is 36.8 Å². The molecular weight excluding hydrogens is 393 g/mol. The van der Waals surface area contributed by atoms with Crippen LogP contribution in [0.5, 0.6) is 0 Å². The van der Waals surface area contributed by atoms with Crippen molar-refractivity contribution in [1.29, 1.82) is 0 Å².